The van der Waals surface area contributed by atoms with E-state index in [9.17, 15) is 19.5 Å². The number of hydrogen-bond acceptors (Lipinski definition) is 8. The van der Waals surface area contributed by atoms with Crippen molar-refractivity contribution in [2.24, 2.45) is 0 Å². The molecule has 4 amide bonds. The van der Waals surface area contributed by atoms with Crippen LogP contribution in [-0.4, -0.2) is 57.7 Å². The van der Waals surface area contributed by atoms with E-state index < -0.39 is 17.8 Å². The van der Waals surface area contributed by atoms with E-state index in [1.807, 2.05) is 6.07 Å². The van der Waals surface area contributed by atoms with Crippen LogP contribution in [-0.2, 0) is 12.1 Å². The summed E-state index contributed by atoms with van der Waals surface area (Å²) in [6.45, 7) is 0.625. The summed E-state index contributed by atoms with van der Waals surface area (Å²) in [7, 11) is 1.54. The zero-order chi connectivity index (χ0) is 27.1. The minimum atomic E-state index is -1.36. The number of aliphatic hydroxyl groups excluding tert-OH is 1. The third kappa shape index (κ3) is 4.30. The van der Waals surface area contributed by atoms with Crippen LogP contribution in [0.5, 0.6) is 5.75 Å². The van der Waals surface area contributed by atoms with Crippen molar-refractivity contribution in [3.05, 3.63) is 83.4 Å². The Kier molecular flexibility index (Phi) is 5.88. The van der Waals surface area contributed by atoms with Gasteiger partial charge < -0.3 is 35.1 Å². The second-order valence-electron chi connectivity index (χ2n) is 9.35. The van der Waals surface area contributed by atoms with Crippen molar-refractivity contribution in [2.75, 3.05) is 19.0 Å². The first kappa shape index (κ1) is 24.4. The Balaban J connectivity index is 1.25. The standard InChI is InChI=1S/C27H24N6O6/c1-38-17-3-2-16-14-33(24(35)18(16)12-17)11-8-27(25(36)31-26(37)32-27)21-13-19-20(39-21)4-5-22(29-19)30-23(34)15-6-9-28-10-7-15/h2-7,9-10,12-13,25,36H,8,11,14H2,1H3,(H,29,30,34)(H2,31,32,37). The number of carbonyl (C=O) groups is 3. The van der Waals surface area contributed by atoms with Gasteiger partial charge in [-0.15, -0.1) is 0 Å². The molecule has 2 atom stereocenters. The van der Waals surface area contributed by atoms with Crippen molar-refractivity contribution in [3.63, 3.8) is 0 Å². The van der Waals surface area contributed by atoms with Crippen LogP contribution in [0.4, 0.5) is 10.6 Å². The second-order valence-corrected chi connectivity index (χ2v) is 9.35. The number of amides is 4. The van der Waals surface area contributed by atoms with Gasteiger partial charge in [-0.3, -0.25) is 14.6 Å². The molecule has 12 heteroatoms. The Bertz CT molecular complexity index is 1610. The fraction of sp³-hybridized carbons (Fsp3) is 0.222. The van der Waals surface area contributed by atoms with Gasteiger partial charge in [-0.2, -0.15) is 0 Å². The molecule has 5 heterocycles. The number of pyridine rings is 2. The van der Waals surface area contributed by atoms with Gasteiger partial charge in [0, 0.05) is 42.7 Å². The van der Waals surface area contributed by atoms with Gasteiger partial charge in [0.05, 0.1) is 7.11 Å². The number of benzene rings is 1. The Morgan fingerprint density at radius 1 is 1.21 bits per heavy atom. The first-order valence-corrected chi connectivity index (χ1v) is 12.2. The maximum absolute atomic E-state index is 13.1. The number of fused-ring (bicyclic) bond motifs is 2. The average molecular weight is 529 g/mol. The lowest BCUT2D eigenvalue weighted by Gasteiger charge is -2.31. The van der Waals surface area contributed by atoms with Crippen LogP contribution in [0.1, 0.15) is 38.5 Å². The summed E-state index contributed by atoms with van der Waals surface area (Å²) in [6, 6.07) is 12.8. The number of methoxy groups -OCH3 is 1. The molecule has 2 aliphatic heterocycles. The van der Waals surface area contributed by atoms with Crippen molar-refractivity contribution in [2.45, 2.75) is 24.7 Å². The van der Waals surface area contributed by atoms with E-state index in [0.29, 0.717) is 40.3 Å². The zero-order valence-corrected chi connectivity index (χ0v) is 20.8. The maximum atomic E-state index is 13.1. The van der Waals surface area contributed by atoms with Crippen molar-refractivity contribution >= 4 is 34.8 Å². The Morgan fingerprint density at radius 2 is 2.03 bits per heavy atom. The number of aliphatic hydroxyl groups is 1. The molecule has 0 saturated carbocycles. The Hall–Kier alpha value is -4.97. The van der Waals surface area contributed by atoms with Gasteiger partial charge in [0.2, 0.25) is 0 Å². The predicted molar refractivity (Wildman–Crippen MR) is 138 cm³/mol. The molecule has 1 fully saturated rings. The van der Waals surface area contributed by atoms with Gasteiger partial charge in [-0.25, -0.2) is 9.78 Å². The summed E-state index contributed by atoms with van der Waals surface area (Å²) in [5.74, 6) is 0.650. The Morgan fingerprint density at radius 3 is 2.77 bits per heavy atom. The highest BCUT2D eigenvalue weighted by Crippen LogP contribution is 2.36. The lowest BCUT2D eigenvalue weighted by atomic mass is 9.91. The minimum absolute atomic E-state index is 0.160. The molecule has 1 saturated heterocycles. The topological polar surface area (TPSA) is 159 Å². The minimum Gasteiger partial charge on any atom is -0.497 e. The smallest absolute Gasteiger partial charge is 0.317 e. The molecule has 3 aromatic heterocycles. The summed E-state index contributed by atoms with van der Waals surface area (Å²) >= 11 is 0. The first-order valence-electron chi connectivity index (χ1n) is 12.2. The van der Waals surface area contributed by atoms with Gasteiger partial charge in [-0.1, -0.05) is 6.07 Å². The maximum Gasteiger partial charge on any atom is 0.317 e. The zero-order valence-electron chi connectivity index (χ0n) is 20.8. The molecule has 1 aromatic carbocycles. The number of nitrogens with one attached hydrogen (secondary N) is 3. The number of furan rings is 1. The summed E-state index contributed by atoms with van der Waals surface area (Å²) in [6.07, 6.45) is 1.88. The van der Waals surface area contributed by atoms with Crippen LogP contribution < -0.4 is 20.7 Å². The molecule has 12 nitrogen and oxygen atoms in total. The number of ether oxygens (including phenoxy) is 1. The summed E-state index contributed by atoms with van der Waals surface area (Å²) in [5, 5.41) is 18.9. The highest BCUT2D eigenvalue weighted by atomic mass is 16.5. The number of rotatable bonds is 7. The van der Waals surface area contributed by atoms with Crippen LogP contribution >= 0.6 is 0 Å². The number of urea groups is 1. The van der Waals surface area contributed by atoms with Crippen LogP contribution in [0, 0.1) is 0 Å². The molecular formula is C27H24N6O6. The SMILES string of the molecule is COc1ccc2c(c1)C(=O)N(CCC1(c3cc4nc(NC(=O)c5ccncc5)ccc4o3)NC(=O)NC1O)C2. The number of anilines is 1. The molecular weight excluding hydrogens is 504 g/mol. The van der Waals surface area contributed by atoms with E-state index in [1.54, 1.807) is 54.5 Å². The predicted octanol–water partition coefficient (Wildman–Crippen LogP) is 2.36. The van der Waals surface area contributed by atoms with E-state index in [1.165, 1.54) is 12.4 Å². The molecule has 39 heavy (non-hydrogen) atoms. The van der Waals surface area contributed by atoms with Crippen molar-refractivity contribution in [1.82, 2.24) is 25.5 Å². The van der Waals surface area contributed by atoms with Gasteiger partial charge in [0.25, 0.3) is 11.8 Å². The van der Waals surface area contributed by atoms with Crippen molar-refractivity contribution in [1.29, 1.82) is 0 Å². The number of hydrogen-bond donors (Lipinski definition) is 4. The van der Waals surface area contributed by atoms with Crippen molar-refractivity contribution < 1.29 is 28.6 Å². The molecule has 4 N–H and O–H groups in total. The molecule has 4 aromatic rings. The van der Waals surface area contributed by atoms with E-state index >= 15 is 0 Å². The van der Waals surface area contributed by atoms with Gasteiger partial charge in [0.15, 0.2) is 11.8 Å². The summed E-state index contributed by atoms with van der Waals surface area (Å²) in [4.78, 5) is 47.9. The molecule has 2 unspecified atom stereocenters. The third-order valence-electron chi connectivity index (χ3n) is 7.04. The fourth-order valence-corrected chi connectivity index (χ4v) is 4.94. The molecule has 198 valence electrons. The van der Waals surface area contributed by atoms with E-state index in [0.717, 1.165) is 5.56 Å². The molecule has 0 spiro atoms. The van der Waals surface area contributed by atoms with E-state index in [2.05, 4.69) is 25.9 Å². The quantitative estimate of drug-likeness (QED) is 0.285. The Labute approximate surface area is 222 Å². The average Bonchev–Trinajstić information content (AvgIpc) is 3.60. The summed E-state index contributed by atoms with van der Waals surface area (Å²) in [5.41, 5.74) is 1.33. The summed E-state index contributed by atoms with van der Waals surface area (Å²) < 4.78 is 11.3. The number of carbonyl (C=O) groups excluding carboxylic acids is 3. The van der Waals surface area contributed by atoms with Crippen LogP contribution in [0.2, 0.25) is 0 Å². The van der Waals surface area contributed by atoms with Gasteiger partial charge >= 0.3 is 6.03 Å². The first-order chi connectivity index (χ1) is 18.9. The highest BCUT2D eigenvalue weighted by molar-refractivity contribution is 6.04. The number of nitrogens with zero attached hydrogens (tertiary/aromatic N) is 3. The normalized spacial score (nSPS) is 20.1. The van der Waals surface area contributed by atoms with E-state index in [4.69, 9.17) is 9.15 Å². The van der Waals surface area contributed by atoms with Crippen LogP contribution in [0.15, 0.2) is 65.3 Å². The molecule has 2 aliphatic rings. The largest absolute Gasteiger partial charge is 0.497 e. The van der Waals surface area contributed by atoms with Crippen LogP contribution in [0.25, 0.3) is 11.1 Å². The molecule has 0 aliphatic carbocycles. The lowest BCUT2D eigenvalue weighted by Crippen LogP contribution is -2.48. The van der Waals surface area contributed by atoms with Gasteiger partial charge in [-0.05, 0) is 48.4 Å². The van der Waals surface area contributed by atoms with Crippen molar-refractivity contribution in [3.8, 4) is 5.75 Å². The number of aromatic nitrogens is 2. The third-order valence-corrected chi connectivity index (χ3v) is 7.04. The lowest BCUT2D eigenvalue weighted by molar-refractivity contribution is 0.0492. The fourth-order valence-electron chi connectivity index (χ4n) is 4.94. The van der Waals surface area contributed by atoms with Gasteiger partial charge in [0.1, 0.15) is 28.4 Å². The molecule has 0 bridgehead atoms. The second kappa shape index (κ2) is 9.40. The van der Waals surface area contributed by atoms with E-state index in [-0.39, 0.29) is 30.5 Å². The molecule has 6 rings (SSSR count). The van der Waals surface area contributed by atoms with Crippen LogP contribution in [0.3, 0.4) is 0 Å². The molecule has 0 radical (unpaired) electrons. The monoisotopic (exact) mass is 528 g/mol. The highest BCUT2D eigenvalue weighted by Gasteiger charge is 2.50.